The van der Waals surface area contributed by atoms with Crippen molar-refractivity contribution in [2.75, 3.05) is 61.0 Å². The Bertz CT molecular complexity index is 279. The molecule has 1 rings (SSSR count). The summed E-state index contributed by atoms with van der Waals surface area (Å²) in [5.74, 6) is 0. The summed E-state index contributed by atoms with van der Waals surface area (Å²) < 4.78 is 5.93. The molecule has 120 valence electrons. The highest BCUT2D eigenvalue weighted by molar-refractivity contribution is 4.89. The van der Waals surface area contributed by atoms with Crippen LogP contribution in [0.25, 0.3) is 0 Å². The third-order valence-electron chi connectivity index (χ3n) is 4.32. The van der Waals surface area contributed by atoms with Gasteiger partial charge in [0.1, 0.15) is 0 Å². The van der Waals surface area contributed by atoms with Crippen molar-refractivity contribution >= 4 is 0 Å². The number of quaternary nitrogens is 3. The second-order valence-corrected chi connectivity index (χ2v) is 8.01. The van der Waals surface area contributed by atoms with Crippen LogP contribution in [0.4, 0.5) is 0 Å². The molecule has 0 amide bonds. The molecule has 0 aliphatic carbocycles. The van der Waals surface area contributed by atoms with Crippen molar-refractivity contribution in [3.8, 4) is 0 Å². The molecule has 1 aliphatic heterocycles. The van der Waals surface area contributed by atoms with Gasteiger partial charge in [-0.1, -0.05) is 0 Å². The van der Waals surface area contributed by atoms with Gasteiger partial charge >= 0.3 is 0 Å². The fourth-order valence-corrected chi connectivity index (χ4v) is 3.74. The van der Waals surface area contributed by atoms with E-state index in [1.165, 1.54) is 45.4 Å². The van der Waals surface area contributed by atoms with Crippen LogP contribution >= 0.6 is 0 Å². The van der Waals surface area contributed by atoms with E-state index in [1.807, 2.05) is 0 Å². The Hall–Kier alpha value is -0.160. The molecule has 0 unspecified atom stereocenters. The lowest BCUT2D eigenvalue weighted by Crippen LogP contribution is -3.08. The van der Waals surface area contributed by atoms with E-state index in [-0.39, 0.29) is 5.60 Å². The molecule has 1 saturated heterocycles. The molecule has 0 aromatic rings. The van der Waals surface area contributed by atoms with Crippen molar-refractivity contribution in [3.63, 3.8) is 0 Å². The van der Waals surface area contributed by atoms with Crippen LogP contribution in [0.2, 0.25) is 0 Å². The maximum atomic E-state index is 5.93. The average molecular weight is 289 g/mol. The number of hydrogen-bond acceptors (Lipinski definition) is 1. The molecule has 0 aromatic heterocycles. The average Bonchev–Trinajstić information content (AvgIpc) is 2.25. The summed E-state index contributed by atoms with van der Waals surface area (Å²) in [7, 11) is 9.02. The highest BCUT2D eigenvalue weighted by Gasteiger charge is 2.44. The maximum Gasteiger partial charge on any atom is 0.0880 e. The summed E-state index contributed by atoms with van der Waals surface area (Å²) in [6.45, 7) is 10.5. The molecule has 1 fully saturated rings. The Morgan fingerprint density at radius 2 is 1.80 bits per heavy atom. The zero-order valence-electron chi connectivity index (χ0n) is 14.6. The molecule has 1 aliphatic rings. The van der Waals surface area contributed by atoms with E-state index in [1.54, 1.807) is 9.80 Å². The molecule has 0 aromatic carbocycles. The van der Waals surface area contributed by atoms with Crippen LogP contribution < -0.4 is 15.1 Å². The van der Waals surface area contributed by atoms with Gasteiger partial charge in [-0.05, 0) is 26.7 Å². The minimum Gasteiger partial charge on any atom is -0.376 e. The first-order valence-corrected chi connectivity index (χ1v) is 8.28. The van der Waals surface area contributed by atoms with E-state index in [2.05, 4.69) is 47.4 Å². The summed E-state index contributed by atoms with van der Waals surface area (Å²) in [5, 5.41) is 2.55. The Morgan fingerprint density at radius 3 is 2.35 bits per heavy atom. The Balaban J connectivity index is 2.47. The van der Waals surface area contributed by atoms with Crippen LogP contribution in [0.1, 0.15) is 33.1 Å². The van der Waals surface area contributed by atoms with Gasteiger partial charge in [-0.25, -0.2) is 0 Å². The number of nitrogens with two attached hydrogens (primary N) is 1. The number of ether oxygens (including phenoxy) is 1. The lowest BCUT2D eigenvalue weighted by atomic mass is 9.73. The molecule has 4 nitrogen and oxygen atoms in total. The molecular weight excluding hydrogens is 250 g/mol. The predicted molar refractivity (Wildman–Crippen MR) is 83.3 cm³/mol. The second kappa shape index (κ2) is 7.74. The van der Waals surface area contributed by atoms with E-state index >= 15 is 0 Å². The normalized spacial score (nSPS) is 26.4. The standard InChI is InChI=1S/C16H35N3O/c1-15(2)12-16(8-11-20-15,14-19(5)6)13-17-9-7-10-18(3)4/h17H,7-14H2,1-6H3/p+3/t16-/m1/s1. The number of rotatable bonds is 8. The van der Waals surface area contributed by atoms with Gasteiger partial charge < -0.3 is 19.9 Å². The largest absolute Gasteiger partial charge is 0.376 e. The van der Waals surface area contributed by atoms with E-state index < -0.39 is 0 Å². The van der Waals surface area contributed by atoms with Crippen molar-refractivity contribution in [1.29, 1.82) is 0 Å². The molecular formula is C16H38N3O+3. The topological polar surface area (TPSA) is 34.7 Å². The molecule has 4 N–H and O–H groups in total. The van der Waals surface area contributed by atoms with Gasteiger partial charge in [0, 0.05) is 13.0 Å². The molecule has 0 bridgehead atoms. The summed E-state index contributed by atoms with van der Waals surface area (Å²) in [5.41, 5.74) is 0.501. The first kappa shape index (κ1) is 17.9. The summed E-state index contributed by atoms with van der Waals surface area (Å²) in [4.78, 5) is 3.12. The zero-order valence-corrected chi connectivity index (χ0v) is 14.6. The van der Waals surface area contributed by atoms with Crippen LogP contribution in [-0.2, 0) is 4.74 Å². The number of nitrogens with one attached hydrogen (secondary N) is 2. The zero-order chi connectivity index (χ0) is 15.2. The van der Waals surface area contributed by atoms with E-state index in [0.29, 0.717) is 5.41 Å². The van der Waals surface area contributed by atoms with Gasteiger partial charge in [0.15, 0.2) is 0 Å². The Labute approximate surface area is 125 Å². The Morgan fingerprint density at radius 1 is 1.10 bits per heavy atom. The molecule has 0 saturated carbocycles. The predicted octanol–water partition coefficient (Wildman–Crippen LogP) is -2.20. The SMILES string of the molecule is C[NH+](C)CCC[NH2+]C[C@@]1(C[NH+](C)C)CCOC(C)(C)C1. The minimum atomic E-state index is 0.0509. The fourth-order valence-electron chi connectivity index (χ4n) is 3.74. The van der Waals surface area contributed by atoms with Crippen LogP contribution in [0.3, 0.4) is 0 Å². The van der Waals surface area contributed by atoms with Gasteiger partial charge in [-0.3, -0.25) is 0 Å². The molecule has 4 heteroatoms. The maximum absolute atomic E-state index is 5.93. The quantitative estimate of drug-likeness (QED) is 0.436. The molecule has 0 radical (unpaired) electrons. The number of hydrogen-bond donors (Lipinski definition) is 3. The lowest BCUT2D eigenvalue weighted by molar-refractivity contribution is -0.870. The van der Waals surface area contributed by atoms with Gasteiger partial charge in [-0.2, -0.15) is 0 Å². The molecule has 1 atom stereocenters. The Kier molecular flexibility index (Phi) is 6.92. The van der Waals surface area contributed by atoms with Crippen LogP contribution in [-0.4, -0.2) is 66.6 Å². The van der Waals surface area contributed by atoms with Crippen molar-refractivity contribution < 1.29 is 19.9 Å². The van der Waals surface area contributed by atoms with Crippen molar-refractivity contribution in [3.05, 3.63) is 0 Å². The van der Waals surface area contributed by atoms with Gasteiger partial charge in [0.05, 0.1) is 65.4 Å². The lowest BCUT2D eigenvalue weighted by Gasteiger charge is -2.43. The van der Waals surface area contributed by atoms with Gasteiger partial charge in [0.2, 0.25) is 0 Å². The van der Waals surface area contributed by atoms with Crippen LogP contribution in [0.5, 0.6) is 0 Å². The van der Waals surface area contributed by atoms with Crippen LogP contribution in [0, 0.1) is 5.41 Å². The fraction of sp³-hybridized carbons (Fsp3) is 1.00. The van der Waals surface area contributed by atoms with Crippen LogP contribution in [0.15, 0.2) is 0 Å². The summed E-state index contributed by atoms with van der Waals surface area (Å²) in [6, 6.07) is 0. The highest BCUT2D eigenvalue weighted by atomic mass is 16.5. The summed E-state index contributed by atoms with van der Waals surface area (Å²) in [6.07, 6.45) is 3.73. The third-order valence-corrected chi connectivity index (χ3v) is 4.32. The van der Waals surface area contributed by atoms with E-state index in [0.717, 1.165) is 6.61 Å². The molecule has 1 heterocycles. The second-order valence-electron chi connectivity index (χ2n) is 8.01. The van der Waals surface area contributed by atoms with Crippen molar-refractivity contribution in [2.45, 2.75) is 38.7 Å². The van der Waals surface area contributed by atoms with Crippen molar-refractivity contribution in [2.24, 2.45) is 5.41 Å². The molecule has 0 spiro atoms. The van der Waals surface area contributed by atoms with E-state index in [9.17, 15) is 0 Å². The van der Waals surface area contributed by atoms with E-state index in [4.69, 9.17) is 4.74 Å². The van der Waals surface area contributed by atoms with Crippen molar-refractivity contribution in [1.82, 2.24) is 0 Å². The summed E-state index contributed by atoms with van der Waals surface area (Å²) >= 11 is 0. The molecule has 20 heavy (non-hydrogen) atoms. The first-order valence-electron chi connectivity index (χ1n) is 8.28. The minimum absolute atomic E-state index is 0.0509. The highest BCUT2D eigenvalue weighted by Crippen LogP contribution is 2.36. The first-order chi connectivity index (χ1) is 9.25. The third kappa shape index (κ3) is 6.53. The monoisotopic (exact) mass is 288 g/mol. The smallest absolute Gasteiger partial charge is 0.0880 e. The van der Waals surface area contributed by atoms with Gasteiger partial charge in [-0.15, -0.1) is 0 Å². The van der Waals surface area contributed by atoms with Gasteiger partial charge in [0.25, 0.3) is 0 Å².